The van der Waals surface area contributed by atoms with E-state index in [-0.39, 0.29) is 28.6 Å². The maximum absolute atomic E-state index is 13.4. The number of Topliss-reactive ketones (excluding diaryl/α,β-unsaturated/α-hetero) is 1. The Bertz CT molecular complexity index is 871. The van der Waals surface area contributed by atoms with E-state index in [2.05, 4.69) is 0 Å². The molecule has 0 radical (unpaired) electrons. The van der Waals surface area contributed by atoms with E-state index in [4.69, 9.17) is 28.4 Å². The molecule has 0 aromatic heterocycles. The largest absolute Gasteiger partial charge is 0.507 e. The molecule has 8 heteroatoms. The van der Waals surface area contributed by atoms with E-state index in [1.165, 1.54) is 34.5 Å². The molecule has 1 unspecified atom stereocenters. The third-order valence-corrected chi connectivity index (χ3v) is 4.75. The number of fused-ring (bicyclic) bond motifs is 1. The van der Waals surface area contributed by atoms with Crippen LogP contribution in [0.3, 0.4) is 0 Å². The van der Waals surface area contributed by atoms with E-state index in [1.807, 2.05) is 0 Å². The van der Waals surface area contributed by atoms with Gasteiger partial charge in [-0.25, -0.2) is 0 Å². The third kappa shape index (κ3) is 2.81. The van der Waals surface area contributed by atoms with Crippen molar-refractivity contribution in [3.63, 3.8) is 0 Å². The third-order valence-electron chi connectivity index (χ3n) is 4.75. The maximum Gasteiger partial charge on any atom is 0.276 e. The summed E-state index contributed by atoms with van der Waals surface area (Å²) < 4.78 is 32.9. The smallest absolute Gasteiger partial charge is 0.276 e. The summed E-state index contributed by atoms with van der Waals surface area (Å²) in [6.45, 7) is 0. The van der Waals surface area contributed by atoms with Crippen molar-refractivity contribution in [1.82, 2.24) is 0 Å². The summed E-state index contributed by atoms with van der Waals surface area (Å²) in [5.74, 6) is -1.63. The van der Waals surface area contributed by atoms with Gasteiger partial charge in [-0.1, -0.05) is 12.1 Å². The van der Waals surface area contributed by atoms with Gasteiger partial charge < -0.3 is 33.5 Å². The second-order valence-electron chi connectivity index (χ2n) is 6.01. The molecule has 0 aliphatic carbocycles. The minimum absolute atomic E-state index is 0.0508. The molecular formula is C20H22O8. The molecule has 3 rings (SSSR count). The Hall–Kier alpha value is -2.97. The lowest BCUT2D eigenvalue weighted by Crippen LogP contribution is -2.53. The molecule has 150 valence electrons. The lowest BCUT2D eigenvalue weighted by atomic mass is 9.89. The van der Waals surface area contributed by atoms with Gasteiger partial charge in [0.05, 0.1) is 21.3 Å². The number of phenolic OH excluding ortho intramolecular Hbond substituents is 1. The first kappa shape index (κ1) is 19.8. The standard InChI is InChI=1S/C20H22O8/c1-23-12-8-6-11(7-9-12)19-20(26-4,27-5)18(22)15-13(21)10-14(24-2)16(25-3)17(15)28-19/h6-10,19,21H,1-5H3. The number of rotatable bonds is 6. The number of hydrogen-bond donors (Lipinski definition) is 1. The van der Waals surface area contributed by atoms with Crippen molar-refractivity contribution in [3.05, 3.63) is 41.5 Å². The average molecular weight is 390 g/mol. The molecule has 0 saturated heterocycles. The Labute approximate surface area is 162 Å². The van der Waals surface area contributed by atoms with Crippen LogP contribution in [0.4, 0.5) is 0 Å². The Balaban J connectivity index is 2.25. The Morgan fingerprint density at radius 3 is 2.11 bits per heavy atom. The van der Waals surface area contributed by atoms with Gasteiger partial charge in [0.15, 0.2) is 17.6 Å². The summed E-state index contributed by atoms with van der Waals surface area (Å²) in [5, 5.41) is 10.4. The van der Waals surface area contributed by atoms with Gasteiger partial charge in [-0.3, -0.25) is 4.79 Å². The number of ether oxygens (including phenoxy) is 6. The zero-order valence-corrected chi connectivity index (χ0v) is 16.3. The van der Waals surface area contributed by atoms with E-state index in [0.29, 0.717) is 11.3 Å². The molecule has 0 spiro atoms. The summed E-state index contributed by atoms with van der Waals surface area (Å²) in [5.41, 5.74) is 0.499. The predicted molar refractivity (Wildman–Crippen MR) is 98.7 cm³/mol. The molecule has 1 heterocycles. The Kier molecular flexibility index (Phi) is 5.35. The average Bonchev–Trinajstić information content (AvgIpc) is 2.73. The summed E-state index contributed by atoms with van der Waals surface area (Å²) in [4.78, 5) is 13.4. The van der Waals surface area contributed by atoms with Gasteiger partial charge in [-0.05, 0) is 17.7 Å². The number of phenols is 1. The number of ketones is 1. The predicted octanol–water partition coefficient (Wildman–Crippen LogP) is 2.72. The Morgan fingerprint density at radius 1 is 0.964 bits per heavy atom. The van der Waals surface area contributed by atoms with Crippen molar-refractivity contribution in [2.75, 3.05) is 35.5 Å². The Morgan fingerprint density at radius 2 is 1.61 bits per heavy atom. The number of hydrogen-bond acceptors (Lipinski definition) is 8. The molecule has 2 aromatic carbocycles. The van der Waals surface area contributed by atoms with Crippen LogP contribution in [-0.2, 0) is 9.47 Å². The van der Waals surface area contributed by atoms with Gasteiger partial charge in [-0.15, -0.1) is 0 Å². The fourth-order valence-corrected chi connectivity index (χ4v) is 3.32. The molecule has 8 nitrogen and oxygen atoms in total. The van der Waals surface area contributed by atoms with Crippen LogP contribution in [0.5, 0.6) is 28.7 Å². The van der Waals surface area contributed by atoms with Crippen molar-refractivity contribution in [3.8, 4) is 28.7 Å². The minimum atomic E-state index is -1.81. The number of aromatic hydroxyl groups is 1. The van der Waals surface area contributed by atoms with Crippen LogP contribution in [0.2, 0.25) is 0 Å². The van der Waals surface area contributed by atoms with Crippen LogP contribution >= 0.6 is 0 Å². The lowest BCUT2D eigenvalue weighted by molar-refractivity contribution is -0.223. The van der Waals surface area contributed by atoms with Gasteiger partial charge in [0.25, 0.3) is 5.79 Å². The van der Waals surface area contributed by atoms with Crippen molar-refractivity contribution in [1.29, 1.82) is 0 Å². The molecule has 0 amide bonds. The first-order valence-corrected chi connectivity index (χ1v) is 8.41. The van der Waals surface area contributed by atoms with E-state index in [9.17, 15) is 9.90 Å². The van der Waals surface area contributed by atoms with Crippen LogP contribution < -0.4 is 18.9 Å². The van der Waals surface area contributed by atoms with Gasteiger partial charge in [-0.2, -0.15) is 0 Å². The van der Waals surface area contributed by atoms with Crippen LogP contribution in [0, 0.1) is 0 Å². The molecule has 1 aliphatic heterocycles. The normalized spacial score (nSPS) is 17.5. The highest BCUT2D eigenvalue weighted by Gasteiger charge is 2.56. The zero-order valence-electron chi connectivity index (χ0n) is 16.3. The molecule has 0 fully saturated rings. The molecule has 28 heavy (non-hydrogen) atoms. The van der Waals surface area contributed by atoms with Gasteiger partial charge in [0, 0.05) is 20.3 Å². The van der Waals surface area contributed by atoms with E-state index in [0.717, 1.165) is 0 Å². The first-order valence-electron chi connectivity index (χ1n) is 8.41. The van der Waals surface area contributed by atoms with Gasteiger partial charge >= 0.3 is 0 Å². The SMILES string of the molecule is COc1ccc(C2Oc3c(OC)c(OC)cc(O)c3C(=O)C2(OC)OC)cc1. The minimum Gasteiger partial charge on any atom is -0.507 e. The van der Waals surface area contributed by atoms with Crippen LogP contribution in [0.15, 0.2) is 30.3 Å². The fourth-order valence-electron chi connectivity index (χ4n) is 3.32. The highest BCUT2D eigenvalue weighted by Crippen LogP contribution is 2.53. The molecule has 1 aliphatic rings. The quantitative estimate of drug-likeness (QED) is 0.753. The summed E-state index contributed by atoms with van der Waals surface area (Å²) in [6, 6.07) is 8.22. The molecule has 2 aromatic rings. The van der Waals surface area contributed by atoms with E-state index in [1.54, 1.807) is 31.4 Å². The van der Waals surface area contributed by atoms with Crippen LogP contribution in [0.1, 0.15) is 22.0 Å². The number of carbonyl (C=O) groups is 1. The first-order chi connectivity index (χ1) is 13.5. The number of benzene rings is 2. The molecule has 1 atom stereocenters. The maximum atomic E-state index is 13.4. The summed E-state index contributed by atoms with van der Waals surface area (Å²) in [7, 11) is 7.07. The highest BCUT2D eigenvalue weighted by atomic mass is 16.7. The van der Waals surface area contributed by atoms with Crippen molar-refractivity contribution in [2.45, 2.75) is 11.9 Å². The summed E-state index contributed by atoms with van der Waals surface area (Å²) >= 11 is 0. The number of carbonyl (C=O) groups excluding carboxylic acids is 1. The van der Waals surface area contributed by atoms with Gasteiger partial charge in [0.1, 0.15) is 17.1 Å². The molecule has 1 N–H and O–H groups in total. The molecular weight excluding hydrogens is 368 g/mol. The monoisotopic (exact) mass is 390 g/mol. The van der Waals surface area contributed by atoms with Crippen LogP contribution in [0.25, 0.3) is 0 Å². The van der Waals surface area contributed by atoms with Crippen molar-refractivity contribution >= 4 is 5.78 Å². The van der Waals surface area contributed by atoms with Gasteiger partial charge in [0.2, 0.25) is 11.5 Å². The fraction of sp³-hybridized carbons (Fsp3) is 0.350. The molecule has 0 saturated carbocycles. The second-order valence-corrected chi connectivity index (χ2v) is 6.01. The zero-order chi connectivity index (χ0) is 20.5. The van der Waals surface area contributed by atoms with Crippen molar-refractivity contribution in [2.24, 2.45) is 0 Å². The lowest BCUT2D eigenvalue weighted by Gasteiger charge is -2.41. The highest BCUT2D eigenvalue weighted by molar-refractivity contribution is 6.08. The van der Waals surface area contributed by atoms with E-state index >= 15 is 0 Å². The second kappa shape index (κ2) is 7.57. The van der Waals surface area contributed by atoms with E-state index < -0.39 is 17.7 Å². The topological polar surface area (TPSA) is 92.7 Å². The van der Waals surface area contributed by atoms with Crippen molar-refractivity contribution < 1.29 is 38.3 Å². The molecule has 0 bridgehead atoms. The number of methoxy groups -OCH3 is 5. The summed E-state index contributed by atoms with van der Waals surface area (Å²) in [6.07, 6.45) is -0.978. The van der Waals surface area contributed by atoms with Crippen LogP contribution in [-0.4, -0.2) is 52.2 Å².